The standard InChI is InChI=1S/C20H12BrClF2N2O2/c21-12-2-5-16-15(8-12)19(27)26(10-14-4-3-13(22)9-25-14)20(16,28)11-1-6-17(23)18(24)7-11/h1-9,28H,10H2. The van der Waals surface area contributed by atoms with Crippen LogP contribution in [0.15, 0.2) is 59.2 Å². The molecule has 1 unspecified atom stereocenters. The van der Waals surface area contributed by atoms with Crippen molar-refractivity contribution < 1.29 is 18.7 Å². The highest BCUT2D eigenvalue weighted by Crippen LogP contribution is 2.44. The number of halogens is 4. The van der Waals surface area contributed by atoms with Crippen LogP contribution < -0.4 is 0 Å². The van der Waals surface area contributed by atoms with Crippen LogP contribution in [0.25, 0.3) is 0 Å². The summed E-state index contributed by atoms with van der Waals surface area (Å²) in [5.41, 5.74) is -0.931. The molecule has 4 nitrogen and oxygen atoms in total. The van der Waals surface area contributed by atoms with Crippen molar-refractivity contribution >= 4 is 33.4 Å². The number of pyridine rings is 1. The van der Waals surface area contributed by atoms with Crippen molar-refractivity contribution in [3.8, 4) is 0 Å². The molecule has 0 saturated carbocycles. The average Bonchev–Trinajstić information content (AvgIpc) is 2.88. The molecule has 2 aromatic carbocycles. The monoisotopic (exact) mass is 464 g/mol. The van der Waals surface area contributed by atoms with Gasteiger partial charge in [0, 0.05) is 27.4 Å². The molecular weight excluding hydrogens is 454 g/mol. The van der Waals surface area contributed by atoms with Gasteiger partial charge in [-0.25, -0.2) is 8.78 Å². The third-order valence-corrected chi connectivity index (χ3v) is 5.37. The third kappa shape index (κ3) is 2.99. The lowest BCUT2D eigenvalue weighted by Gasteiger charge is -2.34. The van der Waals surface area contributed by atoms with Crippen molar-refractivity contribution in [2.24, 2.45) is 0 Å². The second-order valence-electron chi connectivity index (χ2n) is 6.35. The van der Waals surface area contributed by atoms with Crippen LogP contribution in [0.2, 0.25) is 5.02 Å². The average molecular weight is 466 g/mol. The van der Waals surface area contributed by atoms with Crippen molar-refractivity contribution in [3.63, 3.8) is 0 Å². The van der Waals surface area contributed by atoms with Crippen LogP contribution in [0.4, 0.5) is 8.78 Å². The molecule has 2 heterocycles. The lowest BCUT2D eigenvalue weighted by atomic mass is 9.93. The molecule has 0 spiro atoms. The number of aromatic nitrogens is 1. The minimum atomic E-state index is -1.98. The van der Waals surface area contributed by atoms with E-state index in [2.05, 4.69) is 20.9 Å². The Kier molecular flexibility index (Phi) is 4.69. The van der Waals surface area contributed by atoms with E-state index >= 15 is 0 Å². The Bertz CT molecular complexity index is 1090. The summed E-state index contributed by atoms with van der Waals surface area (Å²) in [5, 5.41) is 12.0. The molecule has 4 rings (SSSR count). The molecule has 8 heteroatoms. The Hall–Kier alpha value is -2.35. The van der Waals surface area contributed by atoms with E-state index in [-0.39, 0.29) is 23.2 Å². The van der Waals surface area contributed by atoms with Crippen LogP contribution in [0.3, 0.4) is 0 Å². The molecule has 0 saturated heterocycles. The van der Waals surface area contributed by atoms with Gasteiger partial charge in [0.1, 0.15) is 0 Å². The highest BCUT2D eigenvalue weighted by molar-refractivity contribution is 9.10. The molecule has 1 amide bonds. The predicted octanol–water partition coefficient (Wildman–Crippen LogP) is 4.63. The van der Waals surface area contributed by atoms with E-state index in [4.69, 9.17) is 11.6 Å². The van der Waals surface area contributed by atoms with E-state index in [9.17, 15) is 18.7 Å². The smallest absolute Gasteiger partial charge is 0.257 e. The van der Waals surface area contributed by atoms with Crippen molar-refractivity contribution in [1.29, 1.82) is 0 Å². The fraction of sp³-hybridized carbons (Fsp3) is 0.100. The second-order valence-corrected chi connectivity index (χ2v) is 7.70. The summed E-state index contributed by atoms with van der Waals surface area (Å²) in [5.74, 6) is -2.62. The molecule has 142 valence electrons. The molecule has 0 aliphatic carbocycles. The van der Waals surface area contributed by atoms with Gasteiger partial charge in [-0.15, -0.1) is 0 Å². The number of aliphatic hydroxyl groups is 1. The third-order valence-electron chi connectivity index (χ3n) is 4.65. The summed E-state index contributed by atoms with van der Waals surface area (Å²) < 4.78 is 28.0. The molecule has 1 atom stereocenters. The highest BCUT2D eigenvalue weighted by Gasteiger charge is 2.50. The molecule has 1 aliphatic rings. The normalized spacial score (nSPS) is 18.5. The van der Waals surface area contributed by atoms with Gasteiger partial charge in [0.05, 0.1) is 17.3 Å². The number of rotatable bonds is 3. The molecule has 3 aromatic rings. The van der Waals surface area contributed by atoms with Crippen LogP contribution in [0.1, 0.15) is 27.2 Å². The van der Waals surface area contributed by atoms with Crippen molar-refractivity contribution in [3.05, 3.63) is 98.2 Å². The van der Waals surface area contributed by atoms with Gasteiger partial charge >= 0.3 is 0 Å². The quantitative estimate of drug-likeness (QED) is 0.614. The van der Waals surface area contributed by atoms with E-state index in [1.807, 2.05) is 0 Å². The summed E-state index contributed by atoms with van der Waals surface area (Å²) >= 11 is 9.17. The SMILES string of the molecule is O=C1c2cc(Br)ccc2C(O)(c2ccc(F)c(F)c2)N1Cc1ccc(Cl)cn1. The molecule has 0 radical (unpaired) electrons. The topological polar surface area (TPSA) is 53.4 Å². The Morgan fingerprint density at radius 3 is 2.57 bits per heavy atom. The first-order valence-corrected chi connectivity index (χ1v) is 9.38. The van der Waals surface area contributed by atoms with E-state index in [0.717, 1.165) is 12.1 Å². The lowest BCUT2D eigenvalue weighted by Crippen LogP contribution is -2.44. The van der Waals surface area contributed by atoms with Gasteiger partial charge in [-0.3, -0.25) is 14.7 Å². The fourth-order valence-corrected chi connectivity index (χ4v) is 3.78. The zero-order chi connectivity index (χ0) is 20.1. The number of benzene rings is 2. The van der Waals surface area contributed by atoms with Crippen LogP contribution in [-0.4, -0.2) is 20.9 Å². The van der Waals surface area contributed by atoms with Crippen LogP contribution >= 0.6 is 27.5 Å². The van der Waals surface area contributed by atoms with E-state index in [0.29, 0.717) is 15.2 Å². The van der Waals surface area contributed by atoms with Crippen molar-refractivity contribution in [2.75, 3.05) is 0 Å². The number of fused-ring (bicyclic) bond motifs is 1. The fourth-order valence-electron chi connectivity index (χ4n) is 3.31. The maximum absolute atomic E-state index is 13.9. The summed E-state index contributed by atoms with van der Waals surface area (Å²) in [6, 6.07) is 11.1. The number of amides is 1. The van der Waals surface area contributed by atoms with Gasteiger partial charge in [0.2, 0.25) is 0 Å². The largest absolute Gasteiger partial charge is 0.363 e. The zero-order valence-electron chi connectivity index (χ0n) is 14.2. The Morgan fingerprint density at radius 1 is 1.11 bits per heavy atom. The minimum Gasteiger partial charge on any atom is -0.363 e. The number of hydrogen-bond acceptors (Lipinski definition) is 3. The first-order valence-electron chi connectivity index (χ1n) is 8.21. The minimum absolute atomic E-state index is 0.0368. The van der Waals surface area contributed by atoms with Crippen LogP contribution in [-0.2, 0) is 12.3 Å². The van der Waals surface area contributed by atoms with E-state index in [1.54, 1.807) is 30.3 Å². The van der Waals surface area contributed by atoms with Crippen LogP contribution in [0.5, 0.6) is 0 Å². The first kappa shape index (κ1) is 19.0. The van der Waals surface area contributed by atoms with Crippen molar-refractivity contribution in [1.82, 2.24) is 9.88 Å². The maximum atomic E-state index is 13.9. The van der Waals surface area contributed by atoms with Crippen molar-refractivity contribution in [2.45, 2.75) is 12.3 Å². The van der Waals surface area contributed by atoms with E-state index in [1.165, 1.54) is 17.2 Å². The molecule has 0 bridgehead atoms. The number of carbonyl (C=O) groups excluding carboxylic acids is 1. The molecular formula is C20H12BrClF2N2O2. The Labute approximate surface area is 172 Å². The molecule has 0 fully saturated rings. The number of nitrogens with zero attached hydrogens (tertiary/aromatic N) is 2. The highest BCUT2D eigenvalue weighted by atomic mass is 79.9. The van der Waals surface area contributed by atoms with Gasteiger partial charge in [0.25, 0.3) is 5.91 Å². The number of carbonyl (C=O) groups is 1. The van der Waals surface area contributed by atoms with Gasteiger partial charge in [0.15, 0.2) is 17.4 Å². The Balaban J connectivity index is 1.88. The predicted molar refractivity (Wildman–Crippen MR) is 103 cm³/mol. The summed E-state index contributed by atoms with van der Waals surface area (Å²) in [4.78, 5) is 18.4. The summed E-state index contributed by atoms with van der Waals surface area (Å²) in [6.45, 7) is -0.0577. The molecule has 1 N–H and O–H groups in total. The van der Waals surface area contributed by atoms with Gasteiger partial charge in [-0.1, -0.05) is 39.7 Å². The summed E-state index contributed by atoms with van der Waals surface area (Å²) in [6.07, 6.45) is 1.43. The zero-order valence-corrected chi connectivity index (χ0v) is 16.5. The Morgan fingerprint density at radius 2 is 1.89 bits per heavy atom. The maximum Gasteiger partial charge on any atom is 0.257 e. The number of hydrogen-bond donors (Lipinski definition) is 1. The lowest BCUT2D eigenvalue weighted by molar-refractivity contribution is -0.0550. The van der Waals surface area contributed by atoms with Gasteiger partial charge in [-0.05, 0) is 36.4 Å². The molecule has 1 aromatic heterocycles. The van der Waals surface area contributed by atoms with Gasteiger partial charge < -0.3 is 5.11 Å². The van der Waals surface area contributed by atoms with Gasteiger partial charge in [-0.2, -0.15) is 0 Å². The second kappa shape index (κ2) is 6.92. The molecule has 1 aliphatic heterocycles. The first-order chi connectivity index (χ1) is 13.3. The molecule has 28 heavy (non-hydrogen) atoms. The summed E-state index contributed by atoms with van der Waals surface area (Å²) in [7, 11) is 0. The van der Waals surface area contributed by atoms with E-state index < -0.39 is 23.3 Å². The van der Waals surface area contributed by atoms with Crippen LogP contribution in [0, 0.1) is 11.6 Å².